The lowest BCUT2D eigenvalue weighted by atomic mass is 9.81. The predicted molar refractivity (Wildman–Crippen MR) is 129 cm³/mol. The van der Waals surface area contributed by atoms with Crippen molar-refractivity contribution in [3.63, 3.8) is 0 Å². The molecule has 180 valence electrons. The van der Waals surface area contributed by atoms with Crippen LogP contribution in [-0.4, -0.2) is 30.2 Å². The quantitative estimate of drug-likeness (QED) is 0.342. The maximum absolute atomic E-state index is 13.1. The first-order valence-electron chi connectivity index (χ1n) is 11.8. The summed E-state index contributed by atoms with van der Waals surface area (Å²) in [6, 6.07) is 11.5. The minimum absolute atomic E-state index is 0.0173. The van der Waals surface area contributed by atoms with Gasteiger partial charge in [-0.05, 0) is 55.4 Å². The minimum Gasteiger partial charge on any atom is -0.426 e. The fourth-order valence-corrected chi connectivity index (χ4v) is 6.75. The third-order valence-corrected chi connectivity index (χ3v) is 8.71. The Labute approximate surface area is 211 Å². The van der Waals surface area contributed by atoms with Crippen LogP contribution in [0.1, 0.15) is 25.7 Å². The van der Waals surface area contributed by atoms with Gasteiger partial charge >= 0.3 is 5.97 Å². The SMILES string of the molecule is O=C(Oc1cccc(N2C(=O)[C@@H]3[C@H]4CC[C@@H](C4)[C@@H]3C2=O)c1)[C@H]1CC(=O)N(c2cccc(Cl)c2Cl)C1. The zero-order valence-electron chi connectivity index (χ0n) is 18.7. The van der Waals surface area contributed by atoms with Gasteiger partial charge in [0.05, 0.1) is 39.2 Å². The summed E-state index contributed by atoms with van der Waals surface area (Å²) in [5.74, 6) is -1.43. The van der Waals surface area contributed by atoms with E-state index in [1.165, 1.54) is 9.80 Å². The summed E-state index contributed by atoms with van der Waals surface area (Å²) in [6.07, 6.45) is 2.97. The highest BCUT2D eigenvalue weighted by atomic mass is 35.5. The number of halogens is 2. The van der Waals surface area contributed by atoms with Crippen molar-refractivity contribution < 1.29 is 23.9 Å². The number of amides is 3. The highest BCUT2D eigenvalue weighted by Gasteiger charge is 2.61. The third-order valence-electron chi connectivity index (χ3n) is 7.90. The zero-order chi connectivity index (χ0) is 24.4. The first-order chi connectivity index (χ1) is 16.8. The Morgan fingerprint density at radius 3 is 2.34 bits per heavy atom. The standard InChI is InChI=1S/C26H22Cl2N2O5/c27-18-5-2-6-19(23(18)28)29-12-15(10-20(29)31)26(34)35-17-4-1-3-16(11-17)30-24(32)21-13-7-8-14(9-13)22(21)25(30)33/h1-6,11,13-15,21-22H,7-10,12H2/t13-,14-,15-,21-,22+/m0/s1. The number of nitrogens with zero attached hydrogens (tertiary/aromatic N) is 2. The number of benzene rings is 2. The van der Waals surface area contributed by atoms with E-state index in [4.69, 9.17) is 27.9 Å². The van der Waals surface area contributed by atoms with Crippen molar-refractivity contribution >= 4 is 58.3 Å². The number of ether oxygens (including phenoxy) is 1. The van der Waals surface area contributed by atoms with E-state index in [0.717, 1.165) is 19.3 Å². The second-order valence-electron chi connectivity index (χ2n) is 9.79. The molecule has 2 saturated heterocycles. The number of fused-ring (bicyclic) bond motifs is 5. The Hall–Kier alpha value is -2.90. The molecule has 9 heteroatoms. The molecule has 2 heterocycles. The van der Waals surface area contributed by atoms with Crippen LogP contribution in [0.4, 0.5) is 11.4 Å². The largest absolute Gasteiger partial charge is 0.426 e. The summed E-state index contributed by atoms with van der Waals surface area (Å²) in [6.45, 7) is 0.118. The number of rotatable bonds is 4. The van der Waals surface area contributed by atoms with E-state index in [2.05, 4.69) is 0 Å². The van der Waals surface area contributed by atoms with E-state index in [0.29, 0.717) is 28.2 Å². The van der Waals surface area contributed by atoms with Gasteiger partial charge in [-0.1, -0.05) is 35.3 Å². The average Bonchev–Trinajstić information content (AvgIpc) is 3.59. The second-order valence-corrected chi connectivity index (χ2v) is 10.6. The molecule has 2 saturated carbocycles. The topological polar surface area (TPSA) is 84.0 Å². The molecule has 2 aliphatic carbocycles. The Morgan fingerprint density at radius 2 is 1.63 bits per heavy atom. The van der Waals surface area contributed by atoms with Gasteiger partial charge in [0.15, 0.2) is 0 Å². The number of hydrogen-bond acceptors (Lipinski definition) is 5. The average molecular weight is 513 g/mol. The normalized spacial score (nSPS) is 29.3. The van der Waals surface area contributed by atoms with Crippen molar-refractivity contribution in [1.82, 2.24) is 0 Å². The number of hydrogen-bond donors (Lipinski definition) is 0. The molecule has 0 spiro atoms. The smallest absolute Gasteiger partial charge is 0.316 e. The lowest BCUT2D eigenvalue weighted by Crippen LogP contribution is -2.32. The maximum atomic E-state index is 13.1. The lowest BCUT2D eigenvalue weighted by Gasteiger charge is -2.19. The van der Waals surface area contributed by atoms with Gasteiger partial charge in [-0.15, -0.1) is 0 Å². The fraction of sp³-hybridized carbons (Fsp3) is 0.385. The van der Waals surface area contributed by atoms with E-state index in [9.17, 15) is 19.2 Å². The molecule has 2 aromatic rings. The van der Waals surface area contributed by atoms with E-state index >= 15 is 0 Å². The number of carbonyl (C=O) groups is 4. The van der Waals surface area contributed by atoms with Crippen LogP contribution in [0, 0.1) is 29.6 Å². The molecule has 4 fully saturated rings. The molecular formula is C26H22Cl2N2O5. The van der Waals surface area contributed by atoms with Gasteiger partial charge in [-0.3, -0.25) is 19.2 Å². The maximum Gasteiger partial charge on any atom is 0.316 e. The first-order valence-corrected chi connectivity index (χ1v) is 12.5. The number of anilines is 2. The van der Waals surface area contributed by atoms with Crippen LogP contribution >= 0.6 is 23.2 Å². The monoisotopic (exact) mass is 512 g/mol. The zero-order valence-corrected chi connectivity index (χ0v) is 20.2. The summed E-state index contributed by atoms with van der Waals surface area (Å²) < 4.78 is 5.58. The summed E-state index contributed by atoms with van der Waals surface area (Å²) in [5.41, 5.74) is 0.862. The van der Waals surface area contributed by atoms with Crippen LogP contribution in [0.25, 0.3) is 0 Å². The van der Waals surface area contributed by atoms with Crippen molar-refractivity contribution in [2.45, 2.75) is 25.7 Å². The van der Waals surface area contributed by atoms with E-state index in [-0.39, 0.29) is 53.3 Å². The minimum atomic E-state index is -0.689. The van der Waals surface area contributed by atoms with Gasteiger partial charge in [0.25, 0.3) is 0 Å². The van der Waals surface area contributed by atoms with Gasteiger partial charge in [0.2, 0.25) is 17.7 Å². The molecule has 2 aromatic carbocycles. The van der Waals surface area contributed by atoms with E-state index in [1.54, 1.807) is 42.5 Å². The number of imide groups is 1. The lowest BCUT2D eigenvalue weighted by molar-refractivity contribution is -0.139. The summed E-state index contributed by atoms with van der Waals surface area (Å²) in [7, 11) is 0. The Bertz CT molecular complexity index is 1250. The first kappa shape index (κ1) is 22.6. The number of esters is 1. The van der Waals surface area contributed by atoms with Crippen molar-refractivity contribution in [3.05, 3.63) is 52.5 Å². The molecule has 35 heavy (non-hydrogen) atoms. The molecule has 6 rings (SSSR count). The van der Waals surface area contributed by atoms with Gasteiger partial charge in [0.1, 0.15) is 5.75 Å². The second kappa shape index (κ2) is 8.35. The predicted octanol–water partition coefficient (Wildman–Crippen LogP) is 4.49. The molecule has 3 amide bonds. The van der Waals surface area contributed by atoms with Gasteiger partial charge in [0, 0.05) is 19.0 Å². The van der Waals surface area contributed by atoms with Crippen LogP contribution in [-0.2, 0) is 19.2 Å². The van der Waals surface area contributed by atoms with Gasteiger partial charge in [-0.2, -0.15) is 0 Å². The van der Waals surface area contributed by atoms with Crippen LogP contribution in [0.5, 0.6) is 5.75 Å². The third kappa shape index (κ3) is 3.55. The van der Waals surface area contributed by atoms with Gasteiger partial charge in [-0.25, -0.2) is 4.90 Å². The summed E-state index contributed by atoms with van der Waals surface area (Å²) >= 11 is 12.3. The molecular weight excluding hydrogens is 491 g/mol. The Morgan fingerprint density at radius 1 is 0.943 bits per heavy atom. The molecule has 0 aromatic heterocycles. The van der Waals surface area contributed by atoms with Gasteiger partial charge < -0.3 is 9.64 Å². The highest BCUT2D eigenvalue weighted by molar-refractivity contribution is 6.44. The molecule has 0 N–H and O–H groups in total. The van der Waals surface area contributed by atoms with Crippen molar-refractivity contribution in [2.24, 2.45) is 29.6 Å². The van der Waals surface area contributed by atoms with E-state index < -0.39 is 11.9 Å². The Balaban J connectivity index is 1.17. The molecule has 0 radical (unpaired) electrons. The van der Waals surface area contributed by atoms with E-state index in [1.807, 2.05) is 0 Å². The van der Waals surface area contributed by atoms with Crippen LogP contribution in [0.2, 0.25) is 10.0 Å². The van der Waals surface area contributed by atoms with Crippen molar-refractivity contribution in [2.75, 3.05) is 16.3 Å². The molecule has 2 aliphatic heterocycles. The summed E-state index contributed by atoms with van der Waals surface area (Å²) in [4.78, 5) is 54.4. The fourth-order valence-electron chi connectivity index (χ4n) is 6.35. The Kier molecular flexibility index (Phi) is 5.38. The molecule has 4 aliphatic rings. The molecule has 5 atom stereocenters. The van der Waals surface area contributed by atoms with Crippen molar-refractivity contribution in [1.29, 1.82) is 0 Å². The van der Waals surface area contributed by atoms with Crippen LogP contribution < -0.4 is 14.5 Å². The van der Waals surface area contributed by atoms with Crippen molar-refractivity contribution in [3.8, 4) is 5.75 Å². The highest BCUT2D eigenvalue weighted by Crippen LogP contribution is 2.56. The summed E-state index contributed by atoms with van der Waals surface area (Å²) in [5, 5.41) is 0.574. The molecule has 0 unspecified atom stereocenters. The van der Waals surface area contributed by atoms with Crippen LogP contribution in [0.3, 0.4) is 0 Å². The molecule has 2 bridgehead atoms. The van der Waals surface area contributed by atoms with Crippen LogP contribution in [0.15, 0.2) is 42.5 Å². The molecule has 7 nitrogen and oxygen atoms in total. The number of carbonyl (C=O) groups excluding carboxylic acids is 4.